The van der Waals surface area contributed by atoms with Gasteiger partial charge in [0, 0.05) is 12.1 Å². The van der Waals surface area contributed by atoms with Crippen LogP contribution in [0.4, 0.5) is 4.39 Å². The third kappa shape index (κ3) is 3.59. The lowest BCUT2D eigenvalue weighted by molar-refractivity contribution is 0.0933. The van der Waals surface area contributed by atoms with E-state index < -0.39 is 5.82 Å². The highest BCUT2D eigenvalue weighted by atomic mass is 19.1. The van der Waals surface area contributed by atoms with Crippen molar-refractivity contribution in [2.45, 2.75) is 18.9 Å². The van der Waals surface area contributed by atoms with E-state index in [9.17, 15) is 9.18 Å². The van der Waals surface area contributed by atoms with Gasteiger partial charge in [-0.2, -0.15) is 0 Å². The van der Waals surface area contributed by atoms with Crippen molar-refractivity contribution in [1.82, 2.24) is 10.2 Å². The van der Waals surface area contributed by atoms with E-state index in [1.165, 1.54) is 19.2 Å². The maximum atomic E-state index is 13.8. The molecule has 24 heavy (non-hydrogen) atoms. The molecule has 1 fully saturated rings. The number of furan rings is 1. The van der Waals surface area contributed by atoms with Crippen LogP contribution in [0.2, 0.25) is 0 Å². The number of carbonyl (C=O) groups excluding carboxylic acids is 1. The summed E-state index contributed by atoms with van der Waals surface area (Å²) in [5, 5.41) is 2.88. The van der Waals surface area contributed by atoms with Crippen LogP contribution in [0.15, 0.2) is 41.0 Å². The van der Waals surface area contributed by atoms with Gasteiger partial charge >= 0.3 is 0 Å². The summed E-state index contributed by atoms with van der Waals surface area (Å²) >= 11 is 0. The van der Waals surface area contributed by atoms with Crippen molar-refractivity contribution in [2.24, 2.45) is 0 Å². The van der Waals surface area contributed by atoms with Crippen molar-refractivity contribution in [1.29, 1.82) is 0 Å². The topological polar surface area (TPSA) is 54.7 Å². The molecule has 5 nitrogen and oxygen atoms in total. The molecule has 1 aliphatic rings. The Hall–Kier alpha value is -2.34. The maximum Gasteiger partial charge on any atom is 0.251 e. The Kier molecular flexibility index (Phi) is 5.15. The molecule has 6 heteroatoms. The minimum atomic E-state index is -0.549. The second kappa shape index (κ2) is 7.49. The second-order valence-electron chi connectivity index (χ2n) is 5.83. The van der Waals surface area contributed by atoms with Crippen molar-refractivity contribution in [3.63, 3.8) is 0 Å². The van der Waals surface area contributed by atoms with E-state index in [1.54, 1.807) is 12.3 Å². The molecule has 1 aliphatic heterocycles. The van der Waals surface area contributed by atoms with Crippen LogP contribution in [0, 0.1) is 5.82 Å². The maximum absolute atomic E-state index is 13.8. The van der Waals surface area contributed by atoms with Gasteiger partial charge in [0.05, 0.1) is 19.4 Å². The van der Waals surface area contributed by atoms with Gasteiger partial charge in [0.25, 0.3) is 5.91 Å². The lowest BCUT2D eigenvalue weighted by atomic mass is 10.1. The van der Waals surface area contributed by atoms with Crippen molar-refractivity contribution >= 4 is 5.91 Å². The Morgan fingerprint density at radius 2 is 2.17 bits per heavy atom. The number of hydrogen-bond acceptors (Lipinski definition) is 4. The number of nitrogens with one attached hydrogen (secondary N) is 1. The summed E-state index contributed by atoms with van der Waals surface area (Å²) < 4.78 is 24.1. The zero-order valence-electron chi connectivity index (χ0n) is 13.6. The predicted molar refractivity (Wildman–Crippen MR) is 87.5 cm³/mol. The summed E-state index contributed by atoms with van der Waals surface area (Å²) in [7, 11) is 1.39. The Bertz CT molecular complexity index is 682. The molecule has 1 aromatic carbocycles. The molecule has 0 bridgehead atoms. The van der Waals surface area contributed by atoms with Crippen LogP contribution in [0.5, 0.6) is 5.75 Å². The summed E-state index contributed by atoms with van der Waals surface area (Å²) in [6, 6.07) is 7.95. The van der Waals surface area contributed by atoms with Crippen molar-refractivity contribution in [3.8, 4) is 5.75 Å². The average Bonchev–Trinajstić information content (AvgIpc) is 3.29. The molecule has 1 N–H and O–H groups in total. The number of methoxy groups -OCH3 is 1. The Labute approximate surface area is 140 Å². The third-order valence-corrected chi connectivity index (χ3v) is 4.32. The van der Waals surface area contributed by atoms with Crippen LogP contribution in [0.3, 0.4) is 0 Å². The second-order valence-corrected chi connectivity index (χ2v) is 5.83. The van der Waals surface area contributed by atoms with Crippen molar-refractivity contribution in [3.05, 3.63) is 53.7 Å². The predicted octanol–water partition coefficient (Wildman–Crippen LogP) is 2.99. The number of halogens is 1. The van der Waals surface area contributed by atoms with E-state index in [0.29, 0.717) is 6.54 Å². The number of benzene rings is 1. The molecule has 0 spiro atoms. The number of likely N-dealkylation sites (tertiary alicyclic amines) is 1. The number of rotatable bonds is 6. The molecule has 1 aromatic heterocycles. The third-order valence-electron chi connectivity index (χ3n) is 4.32. The minimum absolute atomic E-state index is 0.00505. The summed E-state index contributed by atoms with van der Waals surface area (Å²) in [5.41, 5.74) is 0.271. The van der Waals surface area contributed by atoms with E-state index >= 15 is 0 Å². The molecular weight excluding hydrogens is 311 g/mol. The lowest BCUT2D eigenvalue weighted by Gasteiger charge is -2.26. The molecule has 1 saturated heterocycles. The molecule has 2 aromatic rings. The Morgan fingerprint density at radius 1 is 1.38 bits per heavy atom. The van der Waals surface area contributed by atoms with Crippen molar-refractivity contribution < 1.29 is 18.3 Å². The van der Waals surface area contributed by atoms with Crippen LogP contribution in [-0.2, 0) is 0 Å². The molecule has 0 aliphatic carbocycles. The highest BCUT2D eigenvalue weighted by molar-refractivity contribution is 5.94. The fourth-order valence-electron chi connectivity index (χ4n) is 3.04. The quantitative estimate of drug-likeness (QED) is 0.883. The van der Waals surface area contributed by atoms with E-state index in [4.69, 9.17) is 9.15 Å². The fraction of sp³-hybridized carbons (Fsp3) is 0.389. The van der Waals surface area contributed by atoms with Crippen molar-refractivity contribution in [2.75, 3.05) is 26.7 Å². The van der Waals surface area contributed by atoms with E-state index in [0.717, 1.165) is 31.7 Å². The largest absolute Gasteiger partial charge is 0.494 e. The van der Waals surface area contributed by atoms with E-state index in [1.807, 2.05) is 12.1 Å². The first-order valence-corrected chi connectivity index (χ1v) is 8.08. The summed E-state index contributed by atoms with van der Waals surface area (Å²) in [4.78, 5) is 14.6. The summed E-state index contributed by atoms with van der Waals surface area (Å²) in [6.07, 6.45) is 3.93. The fourth-order valence-corrected chi connectivity index (χ4v) is 3.04. The number of nitrogens with zero attached hydrogens (tertiary/aromatic N) is 1. The van der Waals surface area contributed by atoms with Gasteiger partial charge in [-0.3, -0.25) is 9.69 Å². The molecule has 2 heterocycles. The molecule has 0 radical (unpaired) electrons. The SMILES string of the molecule is COc1ccc(C(=O)NC[C@H](c2ccco2)N2CCCC2)cc1F. The number of hydrogen-bond donors (Lipinski definition) is 1. The summed E-state index contributed by atoms with van der Waals surface area (Å²) in [6.45, 7) is 2.39. The minimum Gasteiger partial charge on any atom is -0.494 e. The van der Waals surface area contributed by atoms with E-state index in [-0.39, 0.29) is 23.3 Å². The Morgan fingerprint density at radius 3 is 2.79 bits per heavy atom. The van der Waals surface area contributed by atoms with Gasteiger partial charge in [0.1, 0.15) is 5.76 Å². The first-order valence-electron chi connectivity index (χ1n) is 8.08. The van der Waals surface area contributed by atoms with Gasteiger partial charge in [-0.05, 0) is 56.3 Å². The van der Waals surface area contributed by atoms with Gasteiger partial charge in [0.15, 0.2) is 11.6 Å². The molecule has 0 saturated carbocycles. The van der Waals surface area contributed by atoms with Crippen LogP contribution in [0.1, 0.15) is 35.0 Å². The average molecular weight is 332 g/mol. The Balaban J connectivity index is 1.67. The zero-order chi connectivity index (χ0) is 16.9. The van der Waals surface area contributed by atoms with Gasteiger partial charge in [-0.25, -0.2) is 4.39 Å². The smallest absolute Gasteiger partial charge is 0.251 e. The molecule has 0 unspecified atom stereocenters. The highest BCUT2D eigenvalue weighted by Gasteiger charge is 2.26. The first-order chi connectivity index (χ1) is 11.7. The van der Waals surface area contributed by atoms with Crippen LogP contribution < -0.4 is 10.1 Å². The number of ether oxygens (including phenoxy) is 1. The molecular formula is C18H21FN2O3. The first kappa shape index (κ1) is 16.5. The van der Waals surface area contributed by atoms with Gasteiger partial charge in [-0.15, -0.1) is 0 Å². The normalized spacial score (nSPS) is 16.1. The summed E-state index contributed by atoms with van der Waals surface area (Å²) in [5.74, 6) is 0.0924. The molecule has 3 rings (SSSR count). The molecule has 1 atom stereocenters. The van der Waals surface area contributed by atoms with Crippen LogP contribution in [0.25, 0.3) is 0 Å². The van der Waals surface area contributed by atoms with Gasteiger partial charge < -0.3 is 14.5 Å². The lowest BCUT2D eigenvalue weighted by Crippen LogP contribution is -2.36. The zero-order valence-corrected chi connectivity index (χ0v) is 13.6. The number of carbonyl (C=O) groups is 1. The standard InChI is InChI=1S/C18H21FN2O3/c1-23-16-7-6-13(11-14(16)19)18(22)20-12-15(17-5-4-10-24-17)21-8-2-3-9-21/h4-7,10-11,15H,2-3,8-9,12H2,1H3,(H,20,22)/t15-/m1/s1. The highest BCUT2D eigenvalue weighted by Crippen LogP contribution is 2.25. The van der Waals surface area contributed by atoms with Gasteiger partial charge in [-0.1, -0.05) is 0 Å². The van der Waals surface area contributed by atoms with Crippen LogP contribution in [-0.4, -0.2) is 37.6 Å². The molecule has 1 amide bonds. The van der Waals surface area contributed by atoms with E-state index in [2.05, 4.69) is 10.2 Å². The van der Waals surface area contributed by atoms with Crippen LogP contribution >= 0.6 is 0 Å². The molecule has 128 valence electrons. The number of amides is 1. The monoisotopic (exact) mass is 332 g/mol. The van der Waals surface area contributed by atoms with Gasteiger partial charge in [0.2, 0.25) is 0 Å².